The number of nitriles is 1. The zero-order valence-electron chi connectivity index (χ0n) is 11.4. The van der Waals surface area contributed by atoms with Crippen LogP contribution < -0.4 is 0 Å². The van der Waals surface area contributed by atoms with E-state index in [4.69, 9.17) is 5.26 Å². The number of hydrogen-bond donors (Lipinski definition) is 0. The number of fused-ring (bicyclic) bond motifs is 1. The summed E-state index contributed by atoms with van der Waals surface area (Å²) in [6, 6.07) is 7.64. The fraction of sp³-hybridized carbons (Fsp3) is 0.533. The molecule has 2 aliphatic carbocycles. The molecule has 0 aliphatic heterocycles. The van der Waals surface area contributed by atoms with Gasteiger partial charge >= 0.3 is 0 Å². The van der Waals surface area contributed by atoms with Crippen molar-refractivity contribution >= 4 is 10.0 Å². The summed E-state index contributed by atoms with van der Waals surface area (Å²) in [5, 5.41) is 8.71. The Labute approximate surface area is 120 Å². The fourth-order valence-corrected chi connectivity index (χ4v) is 4.60. The van der Waals surface area contributed by atoms with Crippen molar-refractivity contribution in [2.45, 2.75) is 49.5 Å². The molecular weight excluding hydrogens is 272 g/mol. The van der Waals surface area contributed by atoms with Gasteiger partial charge in [0.2, 0.25) is 10.0 Å². The van der Waals surface area contributed by atoms with Gasteiger partial charge in [0.1, 0.15) is 0 Å². The van der Waals surface area contributed by atoms with Crippen LogP contribution in [-0.2, 0) is 22.9 Å². The third kappa shape index (κ3) is 2.46. The smallest absolute Gasteiger partial charge is 0.207 e. The van der Waals surface area contributed by atoms with E-state index in [1.165, 1.54) is 15.4 Å². The van der Waals surface area contributed by atoms with Crippen molar-refractivity contribution in [1.29, 1.82) is 5.26 Å². The molecule has 20 heavy (non-hydrogen) atoms. The Morgan fingerprint density at radius 3 is 2.70 bits per heavy atom. The van der Waals surface area contributed by atoms with Gasteiger partial charge in [0.25, 0.3) is 0 Å². The lowest BCUT2D eigenvalue weighted by Crippen LogP contribution is -2.34. The van der Waals surface area contributed by atoms with E-state index in [-0.39, 0.29) is 12.5 Å². The van der Waals surface area contributed by atoms with Crippen molar-refractivity contribution in [3.05, 3.63) is 29.3 Å². The first-order chi connectivity index (χ1) is 9.63. The lowest BCUT2D eigenvalue weighted by atomic mass is 10.1. The summed E-state index contributed by atoms with van der Waals surface area (Å²) in [7, 11) is -3.45. The Morgan fingerprint density at radius 2 is 2.00 bits per heavy atom. The summed E-state index contributed by atoms with van der Waals surface area (Å²) in [5.74, 6) is 0. The maximum absolute atomic E-state index is 12.7. The largest absolute Gasteiger partial charge is 0.243 e. The molecule has 0 bridgehead atoms. The van der Waals surface area contributed by atoms with Gasteiger partial charge in [0.15, 0.2) is 0 Å². The molecule has 2 aliphatic rings. The zero-order chi connectivity index (χ0) is 14.2. The van der Waals surface area contributed by atoms with Gasteiger partial charge in [0.05, 0.1) is 11.0 Å². The molecular formula is C15H18N2O2S. The highest BCUT2D eigenvalue weighted by Gasteiger charge is 2.37. The van der Waals surface area contributed by atoms with Gasteiger partial charge in [-0.1, -0.05) is 6.07 Å². The van der Waals surface area contributed by atoms with Crippen LogP contribution >= 0.6 is 0 Å². The Morgan fingerprint density at radius 1 is 1.25 bits per heavy atom. The van der Waals surface area contributed by atoms with Crippen molar-refractivity contribution in [3.8, 4) is 6.07 Å². The second-order valence-electron chi connectivity index (χ2n) is 5.54. The summed E-state index contributed by atoms with van der Waals surface area (Å²) in [6.07, 6.45) is 5.21. The second-order valence-corrected chi connectivity index (χ2v) is 7.43. The lowest BCUT2D eigenvalue weighted by molar-refractivity contribution is 0.411. The lowest BCUT2D eigenvalue weighted by Gasteiger charge is -2.21. The predicted molar refractivity (Wildman–Crippen MR) is 75.6 cm³/mol. The first-order valence-electron chi connectivity index (χ1n) is 7.13. The van der Waals surface area contributed by atoms with E-state index in [0.29, 0.717) is 11.4 Å². The topological polar surface area (TPSA) is 61.2 Å². The van der Waals surface area contributed by atoms with Crippen LogP contribution in [0.1, 0.15) is 36.8 Å². The van der Waals surface area contributed by atoms with Crippen molar-refractivity contribution < 1.29 is 8.42 Å². The first kappa shape index (κ1) is 13.6. The fourth-order valence-electron chi connectivity index (χ4n) is 2.87. The normalized spacial score (nSPS) is 18.0. The molecule has 0 saturated heterocycles. The number of aryl methyl sites for hydroxylation is 2. The minimum atomic E-state index is -3.45. The van der Waals surface area contributed by atoms with Crippen molar-refractivity contribution in [2.24, 2.45) is 0 Å². The Bertz CT molecular complexity index is 657. The van der Waals surface area contributed by atoms with E-state index in [1.54, 1.807) is 6.07 Å². The molecule has 5 heteroatoms. The Kier molecular flexibility index (Phi) is 3.53. The quantitative estimate of drug-likeness (QED) is 0.835. The summed E-state index contributed by atoms with van der Waals surface area (Å²) in [4.78, 5) is 0.392. The van der Waals surface area contributed by atoms with E-state index in [0.717, 1.165) is 32.1 Å². The number of benzene rings is 1. The molecule has 3 rings (SSSR count). The van der Waals surface area contributed by atoms with Gasteiger partial charge in [-0.25, -0.2) is 8.42 Å². The molecule has 1 aromatic rings. The van der Waals surface area contributed by atoms with Gasteiger partial charge in [-0.05, 0) is 55.4 Å². The van der Waals surface area contributed by atoms with Crippen LogP contribution in [0.15, 0.2) is 23.1 Å². The summed E-state index contributed by atoms with van der Waals surface area (Å²) < 4.78 is 27.0. The molecule has 0 spiro atoms. The molecule has 1 aromatic carbocycles. The van der Waals surface area contributed by atoms with Gasteiger partial charge < -0.3 is 0 Å². The van der Waals surface area contributed by atoms with Gasteiger partial charge in [-0.2, -0.15) is 9.57 Å². The highest BCUT2D eigenvalue weighted by molar-refractivity contribution is 7.89. The first-order valence-corrected chi connectivity index (χ1v) is 8.57. The Hall–Kier alpha value is -1.38. The monoisotopic (exact) mass is 290 g/mol. The van der Waals surface area contributed by atoms with E-state index >= 15 is 0 Å². The van der Waals surface area contributed by atoms with Crippen molar-refractivity contribution in [3.63, 3.8) is 0 Å². The zero-order valence-corrected chi connectivity index (χ0v) is 12.2. The molecule has 1 fully saturated rings. The molecule has 0 unspecified atom stereocenters. The predicted octanol–water partition coefficient (Wildman–Crippen LogP) is 2.24. The molecule has 0 aromatic heterocycles. The molecule has 4 nitrogen and oxygen atoms in total. The standard InChI is InChI=1S/C15H18N2O2S/c16-9-2-10-17(14-6-7-14)20(18,19)15-8-5-12-3-1-4-13(12)11-15/h5,8,11,14H,1-4,6-7,10H2. The van der Waals surface area contributed by atoms with Crippen LogP contribution in [0.4, 0.5) is 0 Å². The van der Waals surface area contributed by atoms with E-state index < -0.39 is 10.0 Å². The third-order valence-corrected chi connectivity index (χ3v) is 6.02. The summed E-state index contributed by atoms with van der Waals surface area (Å²) in [5.41, 5.74) is 2.45. The number of sulfonamides is 1. The molecule has 0 heterocycles. The van der Waals surface area contributed by atoms with Crippen LogP contribution in [0, 0.1) is 11.3 Å². The second kappa shape index (κ2) is 5.19. The van der Waals surface area contributed by atoms with Crippen LogP contribution in [0.3, 0.4) is 0 Å². The summed E-state index contributed by atoms with van der Waals surface area (Å²) in [6.45, 7) is 0.306. The summed E-state index contributed by atoms with van der Waals surface area (Å²) >= 11 is 0. The van der Waals surface area contributed by atoms with Crippen molar-refractivity contribution in [1.82, 2.24) is 4.31 Å². The molecule has 1 saturated carbocycles. The van der Waals surface area contributed by atoms with Crippen LogP contribution in [-0.4, -0.2) is 25.3 Å². The minimum absolute atomic E-state index is 0.0987. The average Bonchev–Trinajstić information content (AvgIpc) is 3.15. The highest BCUT2D eigenvalue weighted by Crippen LogP contribution is 2.33. The van der Waals surface area contributed by atoms with Crippen molar-refractivity contribution in [2.75, 3.05) is 6.54 Å². The molecule has 0 amide bonds. The molecule has 0 radical (unpaired) electrons. The SMILES string of the molecule is N#CCCN(C1CC1)S(=O)(=O)c1ccc2c(c1)CCC2. The number of rotatable bonds is 5. The number of hydrogen-bond acceptors (Lipinski definition) is 3. The van der Waals surface area contributed by atoms with E-state index in [2.05, 4.69) is 0 Å². The Balaban J connectivity index is 1.91. The molecule has 0 atom stereocenters. The highest BCUT2D eigenvalue weighted by atomic mass is 32.2. The third-order valence-electron chi connectivity index (χ3n) is 4.07. The van der Waals surface area contributed by atoms with Crippen LogP contribution in [0.2, 0.25) is 0 Å². The van der Waals surface area contributed by atoms with E-state index in [9.17, 15) is 8.42 Å². The van der Waals surface area contributed by atoms with Crippen LogP contribution in [0.5, 0.6) is 0 Å². The number of nitrogens with zero attached hydrogens (tertiary/aromatic N) is 2. The maximum atomic E-state index is 12.7. The molecule has 0 N–H and O–H groups in total. The van der Waals surface area contributed by atoms with Gasteiger partial charge in [-0.3, -0.25) is 0 Å². The minimum Gasteiger partial charge on any atom is -0.207 e. The molecule has 106 valence electrons. The van der Waals surface area contributed by atoms with Crippen LogP contribution in [0.25, 0.3) is 0 Å². The maximum Gasteiger partial charge on any atom is 0.243 e. The van der Waals surface area contributed by atoms with Gasteiger partial charge in [-0.15, -0.1) is 0 Å². The average molecular weight is 290 g/mol. The van der Waals surface area contributed by atoms with E-state index in [1.807, 2.05) is 18.2 Å². The van der Waals surface area contributed by atoms with Gasteiger partial charge in [0, 0.05) is 19.0 Å².